The fourth-order valence-corrected chi connectivity index (χ4v) is 3.93. The molecule has 0 radical (unpaired) electrons. The van der Waals surface area contributed by atoms with Crippen LogP contribution in [0, 0.1) is 11.3 Å². The molecule has 126 valence electrons. The number of amides is 2. The molecule has 1 aromatic carbocycles. The lowest BCUT2D eigenvalue weighted by atomic mass is 9.57. The molecule has 2 amide bonds. The molecule has 1 aromatic rings. The number of rotatable bonds is 4. The first-order chi connectivity index (χ1) is 10.9. The first-order valence-corrected chi connectivity index (χ1v) is 8.25. The number of urea groups is 1. The maximum absolute atomic E-state index is 12.3. The van der Waals surface area contributed by atoms with Crippen LogP contribution in [0.3, 0.4) is 0 Å². The van der Waals surface area contributed by atoms with E-state index in [0.717, 1.165) is 24.3 Å². The van der Waals surface area contributed by atoms with Gasteiger partial charge in [-0.2, -0.15) is 0 Å². The van der Waals surface area contributed by atoms with Gasteiger partial charge in [-0.1, -0.05) is 26.0 Å². The number of hydrogen-bond acceptors (Lipinski definition) is 3. The molecule has 0 spiro atoms. The Bertz CT molecular complexity index is 587. The van der Waals surface area contributed by atoms with Gasteiger partial charge < -0.3 is 20.1 Å². The van der Waals surface area contributed by atoms with Gasteiger partial charge in [-0.15, -0.1) is 0 Å². The van der Waals surface area contributed by atoms with Crippen LogP contribution in [0.5, 0.6) is 0 Å². The fraction of sp³-hybridized carbons (Fsp3) is 0.611. The van der Waals surface area contributed by atoms with Gasteiger partial charge in [0.25, 0.3) is 0 Å². The lowest BCUT2D eigenvalue weighted by molar-refractivity contribution is -0.107. The molecule has 3 rings (SSSR count). The average molecular weight is 318 g/mol. The molecule has 1 saturated carbocycles. The van der Waals surface area contributed by atoms with E-state index in [2.05, 4.69) is 24.5 Å². The average Bonchev–Trinajstić information content (AvgIpc) is 2.99. The number of carbonyl (C=O) groups excluding carboxylic acids is 1. The number of carbonyl (C=O) groups is 1. The highest BCUT2D eigenvalue weighted by atomic mass is 16.5. The Morgan fingerprint density at radius 1 is 1.43 bits per heavy atom. The summed E-state index contributed by atoms with van der Waals surface area (Å²) in [6.07, 6.45) is 1.31. The number of nitrogens with one attached hydrogen (secondary N) is 2. The van der Waals surface area contributed by atoms with Gasteiger partial charge in [-0.05, 0) is 31.0 Å². The Morgan fingerprint density at radius 2 is 2.22 bits per heavy atom. The van der Waals surface area contributed by atoms with Crippen LogP contribution >= 0.6 is 0 Å². The Labute approximate surface area is 137 Å². The Hall–Kier alpha value is -1.59. The summed E-state index contributed by atoms with van der Waals surface area (Å²) in [5.74, 6) is 0.440. The van der Waals surface area contributed by atoms with E-state index in [4.69, 9.17) is 9.47 Å². The second-order valence-electron chi connectivity index (χ2n) is 7.14. The molecule has 0 bridgehead atoms. The zero-order chi connectivity index (χ0) is 16.6. The van der Waals surface area contributed by atoms with Crippen molar-refractivity contribution in [1.29, 1.82) is 0 Å². The quantitative estimate of drug-likeness (QED) is 0.895. The number of fused-ring (bicyclic) bond motifs is 1. The predicted molar refractivity (Wildman–Crippen MR) is 89.4 cm³/mol. The van der Waals surface area contributed by atoms with E-state index in [1.807, 2.05) is 31.2 Å². The van der Waals surface area contributed by atoms with Gasteiger partial charge in [0, 0.05) is 36.8 Å². The van der Waals surface area contributed by atoms with Crippen molar-refractivity contribution < 1.29 is 14.3 Å². The van der Waals surface area contributed by atoms with E-state index in [9.17, 15) is 4.79 Å². The second kappa shape index (κ2) is 6.13. The minimum Gasteiger partial charge on any atom is -0.377 e. The molecule has 0 unspecified atom stereocenters. The van der Waals surface area contributed by atoms with Gasteiger partial charge in [-0.25, -0.2) is 4.79 Å². The van der Waals surface area contributed by atoms with E-state index >= 15 is 0 Å². The maximum atomic E-state index is 12.3. The lowest BCUT2D eigenvalue weighted by Gasteiger charge is -2.54. The van der Waals surface area contributed by atoms with Crippen LogP contribution in [0.4, 0.5) is 10.5 Å². The van der Waals surface area contributed by atoms with Crippen molar-refractivity contribution in [2.45, 2.75) is 45.4 Å². The molecule has 1 heterocycles. The van der Waals surface area contributed by atoms with Crippen molar-refractivity contribution in [2.24, 2.45) is 11.3 Å². The zero-order valence-corrected chi connectivity index (χ0v) is 14.3. The molecule has 2 aliphatic rings. The molecule has 1 aliphatic carbocycles. The topological polar surface area (TPSA) is 59.6 Å². The largest absolute Gasteiger partial charge is 0.377 e. The molecular weight excluding hydrogens is 292 g/mol. The van der Waals surface area contributed by atoms with Crippen molar-refractivity contribution in [1.82, 2.24) is 5.32 Å². The fourth-order valence-electron chi connectivity index (χ4n) is 3.93. The van der Waals surface area contributed by atoms with Gasteiger partial charge in [0.15, 0.2) is 0 Å². The monoisotopic (exact) mass is 318 g/mol. The molecule has 2 N–H and O–H groups in total. The summed E-state index contributed by atoms with van der Waals surface area (Å²) in [7, 11) is 1.68. The van der Waals surface area contributed by atoms with E-state index in [0.29, 0.717) is 5.92 Å². The Morgan fingerprint density at radius 3 is 2.96 bits per heavy atom. The first-order valence-electron chi connectivity index (χ1n) is 8.25. The van der Waals surface area contributed by atoms with Crippen LogP contribution in [-0.4, -0.2) is 31.9 Å². The van der Waals surface area contributed by atoms with Gasteiger partial charge in [0.1, 0.15) is 0 Å². The number of ether oxygens (including phenoxy) is 2. The van der Waals surface area contributed by atoms with E-state index in [1.165, 1.54) is 0 Å². The highest BCUT2D eigenvalue weighted by Gasteiger charge is 2.59. The van der Waals surface area contributed by atoms with Crippen LogP contribution in [0.15, 0.2) is 24.3 Å². The Kier molecular flexibility index (Phi) is 4.34. The standard InChI is InChI=1S/C18H26N2O3/c1-11(22-4)12-6-5-7-13(10-12)19-17(21)20-15-14-8-9-23-16(14)18(15,2)3/h5-7,10-11,14-16H,8-9H2,1-4H3,(H2,19,20,21)/t11-,14+,15-,16-/m1/s1. The predicted octanol–water partition coefficient (Wildman–Crippen LogP) is 3.33. The summed E-state index contributed by atoms with van der Waals surface area (Å²) in [5.41, 5.74) is 1.81. The highest BCUT2D eigenvalue weighted by molar-refractivity contribution is 5.89. The Balaban J connectivity index is 1.62. The normalized spacial score (nSPS) is 29.3. The summed E-state index contributed by atoms with van der Waals surface area (Å²) in [4.78, 5) is 12.3. The molecule has 1 aliphatic heterocycles. The zero-order valence-electron chi connectivity index (χ0n) is 14.3. The summed E-state index contributed by atoms with van der Waals surface area (Å²) in [6, 6.07) is 7.76. The van der Waals surface area contributed by atoms with Gasteiger partial charge in [0.05, 0.1) is 12.2 Å². The summed E-state index contributed by atoms with van der Waals surface area (Å²) < 4.78 is 11.1. The van der Waals surface area contributed by atoms with Crippen LogP contribution in [0.2, 0.25) is 0 Å². The molecule has 5 nitrogen and oxygen atoms in total. The first kappa shape index (κ1) is 16.3. The summed E-state index contributed by atoms with van der Waals surface area (Å²) in [6.45, 7) is 7.10. The van der Waals surface area contributed by atoms with E-state index in [1.54, 1.807) is 7.11 Å². The van der Waals surface area contributed by atoms with Crippen molar-refractivity contribution in [3.05, 3.63) is 29.8 Å². The van der Waals surface area contributed by atoms with Crippen molar-refractivity contribution in [3.8, 4) is 0 Å². The molecule has 1 saturated heterocycles. The molecule has 0 aromatic heterocycles. The van der Waals surface area contributed by atoms with Gasteiger partial charge in [-0.3, -0.25) is 0 Å². The third kappa shape index (κ3) is 2.95. The van der Waals surface area contributed by atoms with Gasteiger partial charge in [0.2, 0.25) is 0 Å². The van der Waals surface area contributed by atoms with Crippen molar-refractivity contribution in [2.75, 3.05) is 19.0 Å². The molecular formula is C18H26N2O3. The third-order valence-electron chi connectivity index (χ3n) is 5.35. The lowest BCUT2D eigenvalue weighted by Crippen LogP contribution is -2.67. The van der Waals surface area contributed by atoms with Crippen LogP contribution in [0.1, 0.15) is 38.9 Å². The highest BCUT2D eigenvalue weighted by Crippen LogP contribution is 2.52. The number of anilines is 1. The minimum atomic E-state index is -0.157. The van der Waals surface area contributed by atoms with Gasteiger partial charge >= 0.3 is 6.03 Å². The van der Waals surface area contributed by atoms with E-state index < -0.39 is 0 Å². The van der Waals surface area contributed by atoms with Crippen molar-refractivity contribution in [3.63, 3.8) is 0 Å². The minimum absolute atomic E-state index is 0.00164. The molecule has 2 fully saturated rings. The number of benzene rings is 1. The SMILES string of the molecule is CO[C@H](C)c1cccc(NC(=O)N[C@@H]2[C@@H]3CCO[C@H]3C2(C)C)c1. The second-order valence-corrected chi connectivity index (χ2v) is 7.14. The molecule has 23 heavy (non-hydrogen) atoms. The van der Waals surface area contributed by atoms with Crippen molar-refractivity contribution >= 4 is 11.7 Å². The summed E-state index contributed by atoms with van der Waals surface area (Å²) in [5, 5.41) is 6.06. The van der Waals surface area contributed by atoms with Crippen LogP contribution < -0.4 is 10.6 Å². The molecule has 4 atom stereocenters. The smallest absolute Gasteiger partial charge is 0.319 e. The third-order valence-corrected chi connectivity index (χ3v) is 5.35. The molecule has 5 heteroatoms. The summed E-state index contributed by atoms with van der Waals surface area (Å²) >= 11 is 0. The maximum Gasteiger partial charge on any atom is 0.319 e. The van der Waals surface area contributed by atoms with Crippen LogP contribution in [0.25, 0.3) is 0 Å². The number of hydrogen-bond donors (Lipinski definition) is 2. The van der Waals surface area contributed by atoms with E-state index in [-0.39, 0.29) is 29.7 Å². The van der Waals surface area contributed by atoms with Crippen LogP contribution in [-0.2, 0) is 9.47 Å². The number of methoxy groups -OCH3 is 1.